The first-order valence-corrected chi connectivity index (χ1v) is 8.35. The molecule has 2 heterocycles. The van der Waals surface area contributed by atoms with Crippen LogP contribution in [0.25, 0.3) is 0 Å². The van der Waals surface area contributed by atoms with E-state index in [-0.39, 0.29) is 29.3 Å². The van der Waals surface area contributed by atoms with Gasteiger partial charge in [-0.25, -0.2) is 9.97 Å². The smallest absolute Gasteiger partial charge is 0.422 e. The Morgan fingerprint density at radius 2 is 2.00 bits per heavy atom. The van der Waals surface area contributed by atoms with E-state index < -0.39 is 24.6 Å². The standard InChI is InChI=1S/C18H19F3N4O3/c1-3-15(26)25-14-7-11(4-5-23-14)10(2)13-6-12(16(22)27)8-24-17(13)28-9-18(19,20)21/h4-8,10H,3,9H2,1-2H3,(H2,22,27)(H,23,25,26). The summed E-state index contributed by atoms with van der Waals surface area (Å²) in [6.07, 6.45) is -1.76. The van der Waals surface area contributed by atoms with E-state index in [1.807, 2.05) is 0 Å². The molecule has 150 valence electrons. The van der Waals surface area contributed by atoms with E-state index in [0.29, 0.717) is 11.4 Å². The topological polar surface area (TPSA) is 107 Å². The number of hydrogen-bond acceptors (Lipinski definition) is 5. The lowest BCUT2D eigenvalue weighted by Crippen LogP contribution is -2.21. The minimum atomic E-state index is -4.54. The average Bonchev–Trinajstić information content (AvgIpc) is 2.65. The van der Waals surface area contributed by atoms with Gasteiger partial charge in [-0.05, 0) is 23.8 Å². The fourth-order valence-electron chi connectivity index (χ4n) is 2.38. The molecule has 7 nitrogen and oxygen atoms in total. The Morgan fingerprint density at radius 1 is 1.29 bits per heavy atom. The number of alkyl halides is 3. The van der Waals surface area contributed by atoms with Gasteiger partial charge >= 0.3 is 6.18 Å². The molecule has 0 spiro atoms. The maximum atomic E-state index is 12.5. The molecule has 0 radical (unpaired) electrons. The molecule has 2 rings (SSSR count). The summed E-state index contributed by atoms with van der Waals surface area (Å²) in [7, 11) is 0. The monoisotopic (exact) mass is 396 g/mol. The molecule has 1 unspecified atom stereocenters. The van der Waals surface area contributed by atoms with Gasteiger partial charge in [-0.1, -0.05) is 13.8 Å². The number of amides is 2. The maximum absolute atomic E-state index is 12.5. The Balaban J connectivity index is 2.40. The lowest BCUT2D eigenvalue weighted by atomic mass is 9.93. The second-order valence-electron chi connectivity index (χ2n) is 5.98. The summed E-state index contributed by atoms with van der Waals surface area (Å²) in [5, 5.41) is 2.61. The number of aromatic nitrogens is 2. The number of hydrogen-bond donors (Lipinski definition) is 2. The molecule has 0 saturated carbocycles. The third-order valence-electron chi connectivity index (χ3n) is 3.88. The van der Waals surface area contributed by atoms with Gasteiger partial charge in [0.15, 0.2) is 6.61 Å². The van der Waals surface area contributed by atoms with Gasteiger partial charge in [-0.3, -0.25) is 9.59 Å². The highest BCUT2D eigenvalue weighted by molar-refractivity contribution is 5.92. The number of carbonyl (C=O) groups excluding carboxylic acids is 2. The lowest BCUT2D eigenvalue weighted by molar-refractivity contribution is -0.154. The quantitative estimate of drug-likeness (QED) is 0.748. The molecule has 2 aromatic rings. The summed E-state index contributed by atoms with van der Waals surface area (Å²) in [4.78, 5) is 30.9. The highest BCUT2D eigenvalue weighted by Gasteiger charge is 2.30. The molecular formula is C18H19F3N4O3. The predicted octanol–water partition coefficient (Wildman–Crippen LogP) is 3.02. The zero-order valence-electron chi connectivity index (χ0n) is 15.2. The van der Waals surface area contributed by atoms with Crippen LogP contribution in [0.1, 0.15) is 47.7 Å². The number of nitrogens with zero attached hydrogens (tertiary/aromatic N) is 2. The number of nitrogens with two attached hydrogens (primary N) is 1. The van der Waals surface area contributed by atoms with Crippen molar-refractivity contribution in [1.29, 1.82) is 0 Å². The highest BCUT2D eigenvalue weighted by Crippen LogP contribution is 2.32. The van der Waals surface area contributed by atoms with E-state index in [2.05, 4.69) is 15.3 Å². The van der Waals surface area contributed by atoms with E-state index in [9.17, 15) is 22.8 Å². The van der Waals surface area contributed by atoms with E-state index in [1.165, 1.54) is 12.3 Å². The van der Waals surface area contributed by atoms with Crippen molar-refractivity contribution in [2.24, 2.45) is 5.73 Å². The van der Waals surface area contributed by atoms with Crippen molar-refractivity contribution in [1.82, 2.24) is 9.97 Å². The van der Waals surface area contributed by atoms with Crippen LogP contribution in [-0.4, -0.2) is 34.6 Å². The van der Waals surface area contributed by atoms with Crippen molar-refractivity contribution in [3.05, 3.63) is 47.3 Å². The number of anilines is 1. The van der Waals surface area contributed by atoms with Crippen LogP contribution < -0.4 is 15.8 Å². The van der Waals surface area contributed by atoms with Crippen molar-refractivity contribution in [3.63, 3.8) is 0 Å². The van der Waals surface area contributed by atoms with E-state index >= 15 is 0 Å². The van der Waals surface area contributed by atoms with Gasteiger partial charge in [0.05, 0.1) is 5.56 Å². The lowest BCUT2D eigenvalue weighted by Gasteiger charge is -2.18. The molecule has 0 aromatic carbocycles. The van der Waals surface area contributed by atoms with Crippen LogP contribution in [0, 0.1) is 0 Å². The molecule has 0 bridgehead atoms. The van der Waals surface area contributed by atoms with Crippen molar-refractivity contribution in [3.8, 4) is 5.88 Å². The van der Waals surface area contributed by atoms with E-state index in [1.54, 1.807) is 26.0 Å². The number of carbonyl (C=O) groups is 2. The molecule has 0 aliphatic heterocycles. The van der Waals surface area contributed by atoms with Crippen molar-refractivity contribution in [2.75, 3.05) is 11.9 Å². The van der Waals surface area contributed by atoms with Gasteiger partial charge in [0.2, 0.25) is 17.7 Å². The number of halogens is 3. The van der Waals surface area contributed by atoms with Crippen LogP contribution in [0.2, 0.25) is 0 Å². The zero-order valence-corrected chi connectivity index (χ0v) is 15.2. The minimum Gasteiger partial charge on any atom is -0.468 e. The largest absolute Gasteiger partial charge is 0.468 e. The first kappa shape index (κ1) is 21.1. The minimum absolute atomic E-state index is 0.0368. The molecule has 28 heavy (non-hydrogen) atoms. The summed E-state index contributed by atoms with van der Waals surface area (Å²) in [5.74, 6) is -1.48. The number of ether oxygens (including phenoxy) is 1. The Hall–Kier alpha value is -3.17. The normalized spacial score (nSPS) is 12.3. The molecule has 2 aromatic heterocycles. The van der Waals surface area contributed by atoms with E-state index in [0.717, 1.165) is 6.20 Å². The summed E-state index contributed by atoms with van der Waals surface area (Å²) < 4.78 is 42.4. The number of rotatable bonds is 7. The van der Waals surface area contributed by atoms with Gasteiger partial charge in [0.25, 0.3) is 0 Å². The van der Waals surface area contributed by atoms with Gasteiger partial charge in [0.1, 0.15) is 5.82 Å². The molecule has 2 amide bonds. The second kappa shape index (κ2) is 8.68. The van der Waals surface area contributed by atoms with Gasteiger partial charge in [-0.2, -0.15) is 13.2 Å². The summed E-state index contributed by atoms with van der Waals surface area (Å²) in [6.45, 7) is 1.86. The van der Waals surface area contributed by atoms with Crippen LogP contribution in [0.4, 0.5) is 19.0 Å². The third-order valence-corrected chi connectivity index (χ3v) is 3.88. The molecule has 0 saturated heterocycles. The van der Waals surface area contributed by atoms with Gasteiger partial charge < -0.3 is 15.8 Å². The Kier molecular flexibility index (Phi) is 6.55. The molecule has 0 aliphatic rings. The summed E-state index contributed by atoms with van der Waals surface area (Å²) >= 11 is 0. The maximum Gasteiger partial charge on any atom is 0.422 e. The van der Waals surface area contributed by atoms with Crippen LogP contribution in [0.15, 0.2) is 30.6 Å². The first-order valence-electron chi connectivity index (χ1n) is 8.35. The predicted molar refractivity (Wildman–Crippen MR) is 95.0 cm³/mol. The molecule has 0 aliphatic carbocycles. The third kappa shape index (κ3) is 5.66. The Labute approximate surface area is 159 Å². The summed E-state index contributed by atoms with van der Waals surface area (Å²) in [6, 6.07) is 4.57. The zero-order chi connectivity index (χ0) is 20.9. The van der Waals surface area contributed by atoms with Crippen molar-refractivity contribution >= 4 is 17.6 Å². The SMILES string of the molecule is CCC(=O)Nc1cc(C(C)c2cc(C(N)=O)cnc2OCC(F)(F)F)ccn1. The highest BCUT2D eigenvalue weighted by atomic mass is 19.4. The van der Waals surface area contributed by atoms with Crippen LogP contribution >= 0.6 is 0 Å². The van der Waals surface area contributed by atoms with E-state index in [4.69, 9.17) is 10.5 Å². The molecule has 10 heteroatoms. The van der Waals surface area contributed by atoms with Gasteiger partial charge in [-0.15, -0.1) is 0 Å². The molecule has 0 fully saturated rings. The number of primary amides is 1. The number of nitrogens with one attached hydrogen (secondary N) is 1. The van der Waals surface area contributed by atoms with Gasteiger partial charge in [0, 0.05) is 30.3 Å². The molecular weight excluding hydrogens is 377 g/mol. The fourth-order valence-corrected chi connectivity index (χ4v) is 2.38. The Morgan fingerprint density at radius 3 is 2.61 bits per heavy atom. The van der Waals surface area contributed by atoms with Crippen LogP contribution in [0.5, 0.6) is 5.88 Å². The van der Waals surface area contributed by atoms with Crippen molar-refractivity contribution in [2.45, 2.75) is 32.4 Å². The Bertz CT molecular complexity index is 871. The first-order chi connectivity index (χ1) is 13.1. The molecule has 1 atom stereocenters. The van der Waals surface area contributed by atoms with Crippen LogP contribution in [-0.2, 0) is 4.79 Å². The second-order valence-corrected chi connectivity index (χ2v) is 5.98. The fraction of sp³-hybridized carbons (Fsp3) is 0.333. The average molecular weight is 396 g/mol. The van der Waals surface area contributed by atoms with Crippen molar-refractivity contribution < 1.29 is 27.5 Å². The molecule has 3 N–H and O–H groups in total. The summed E-state index contributed by atoms with van der Waals surface area (Å²) in [5.41, 5.74) is 6.16. The van der Waals surface area contributed by atoms with Crippen LogP contribution in [0.3, 0.4) is 0 Å². The number of pyridine rings is 2.